The molecule has 1 N–H and O–H groups in total. The summed E-state index contributed by atoms with van der Waals surface area (Å²) in [6, 6.07) is 3.48. The van der Waals surface area contributed by atoms with Crippen LogP contribution < -0.4 is 10.1 Å². The molecule has 2 aliphatic rings. The zero-order valence-electron chi connectivity index (χ0n) is 18.0. The molecule has 0 aliphatic carbocycles. The van der Waals surface area contributed by atoms with Crippen molar-refractivity contribution in [1.82, 2.24) is 20.0 Å². The van der Waals surface area contributed by atoms with Gasteiger partial charge >= 0.3 is 0 Å². The van der Waals surface area contributed by atoms with Crippen LogP contribution in [0.5, 0.6) is 5.75 Å². The standard InChI is InChI=1S/C21H31F2N5O2.HI/c1-24-21(25-7-14-30-17-5-6-18(22)19(23)15-17)28-12-10-26(11-13-28)16-20(29)27-8-3-2-4-9-27;/h5-6,15H,2-4,7-14,16H2,1H3,(H,24,25);1H. The Labute approximate surface area is 199 Å². The monoisotopic (exact) mass is 551 g/mol. The van der Waals surface area contributed by atoms with Crippen molar-refractivity contribution < 1.29 is 18.3 Å². The van der Waals surface area contributed by atoms with Crippen LogP contribution in [0.25, 0.3) is 0 Å². The minimum absolute atomic E-state index is 0. The molecular formula is C21H32F2IN5O2. The second kappa shape index (κ2) is 13.0. The molecule has 2 heterocycles. The number of aliphatic imine (C=N–C) groups is 1. The van der Waals surface area contributed by atoms with Gasteiger partial charge in [0.2, 0.25) is 5.91 Å². The molecule has 174 valence electrons. The Morgan fingerprint density at radius 1 is 1.03 bits per heavy atom. The number of benzene rings is 1. The van der Waals surface area contributed by atoms with Crippen LogP contribution in [0.1, 0.15) is 19.3 Å². The van der Waals surface area contributed by atoms with E-state index in [-0.39, 0.29) is 35.6 Å². The van der Waals surface area contributed by atoms with E-state index in [0.717, 1.165) is 70.2 Å². The Kier molecular flexibility index (Phi) is 10.7. The van der Waals surface area contributed by atoms with Gasteiger partial charge in [0.15, 0.2) is 17.6 Å². The molecule has 0 unspecified atom stereocenters. The third-order valence-electron chi connectivity index (χ3n) is 5.50. The summed E-state index contributed by atoms with van der Waals surface area (Å²) < 4.78 is 31.6. The fourth-order valence-electron chi connectivity index (χ4n) is 3.78. The van der Waals surface area contributed by atoms with E-state index in [1.165, 1.54) is 12.5 Å². The molecule has 0 radical (unpaired) electrons. The van der Waals surface area contributed by atoms with Crippen LogP contribution in [0, 0.1) is 11.6 Å². The number of nitrogens with one attached hydrogen (secondary N) is 1. The number of carbonyl (C=O) groups excluding carboxylic acids is 1. The van der Waals surface area contributed by atoms with Crippen molar-refractivity contribution in [3.63, 3.8) is 0 Å². The predicted molar refractivity (Wildman–Crippen MR) is 127 cm³/mol. The van der Waals surface area contributed by atoms with E-state index in [9.17, 15) is 13.6 Å². The number of rotatable bonds is 6. The molecule has 0 spiro atoms. The highest BCUT2D eigenvalue weighted by molar-refractivity contribution is 14.0. The molecule has 2 saturated heterocycles. The van der Waals surface area contributed by atoms with Gasteiger partial charge in [-0.1, -0.05) is 0 Å². The highest BCUT2D eigenvalue weighted by Gasteiger charge is 2.24. The second-order valence-corrected chi connectivity index (χ2v) is 7.60. The number of guanidine groups is 1. The van der Waals surface area contributed by atoms with Gasteiger partial charge in [-0.15, -0.1) is 24.0 Å². The summed E-state index contributed by atoms with van der Waals surface area (Å²) in [5, 5.41) is 3.23. The van der Waals surface area contributed by atoms with Gasteiger partial charge in [0, 0.05) is 52.4 Å². The first kappa shape index (κ1) is 25.6. The first-order chi connectivity index (χ1) is 14.6. The third kappa shape index (κ3) is 7.74. The lowest BCUT2D eigenvalue weighted by Gasteiger charge is -2.37. The van der Waals surface area contributed by atoms with E-state index < -0.39 is 11.6 Å². The summed E-state index contributed by atoms with van der Waals surface area (Å²) in [5.41, 5.74) is 0. The highest BCUT2D eigenvalue weighted by Crippen LogP contribution is 2.15. The van der Waals surface area contributed by atoms with E-state index in [2.05, 4.69) is 20.1 Å². The normalized spacial score (nSPS) is 17.8. The Balaban J connectivity index is 0.00000341. The Morgan fingerprint density at radius 3 is 2.39 bits per heavy atom. The molecule has 0 aromatic heterocycles. The summed E-state index contributed by atoms with van der Waals surface area (Å²) >= 11 is 0. The predicted octanol–water partition coefficient (Wildman–Crippen LogP) is 2.17. The van der Waals surface area contributed by atoms with Gasteiger partial charge < -0.3 is 19.9 Å². The van der Waals surface area contributed by atoms with Gasteiger partial charge in [0.25, 0.3) is 0 Å². The molecule has 1 aromatic carbocycles. The molecule has 1 amide bonds. The van der Waals surface area contributed by atoms with Crippen molar-refractivity contribution in [3.05, 3.63) is 29.8 Å². The van der Waals surface area contributed by atoms with Gasteiger partial charge in [-0.25, -0.2) is 8.78 Å². The number of halogens is 3. The van der Waals surface area contributed by atoms with Gasteiger partial charge in [-0.2, -0.15) is 0 Å². The lowest BCUT2D eigenvalue weighted by atomic mass is 10.1. The Morgan fingerprint density at radius 2 is 1.74 bits per heavy atom. The smallest absolute Gasteiger partial charge is 0.236 e. The van der Waals surface area contributed by atoms with Crippen LogP contribution in [-0.2, 0) is 4.79 Å². The lowest BCUT2D eigenvalue weighted by Crippen LogP contribution is -2.54. The highest BCUT2D eigenvalue weighted by atomic mass is 127. The molecule has 31 heavy (non-hydrogen) atoms. The van der Waals surface area contributed by atoms with E-state index in [1.54, 1.807) is 7.05 Å². The molecule has 7 nitrogen and oxygen atoms in total. The van der Waals surface area contributed by atoms with E-state index in [0.29, 0.717) is 19.7 Å². The fraction of sp³-hybridized carbons (Fsp3) is 0.619. The van der Waals surface area contributed by atoms with Crippen LogP contribution >= 0.6 is 24.0 Å². The summed E-state index contributed by atoms with van der Waals surface area (Å²) in [6.45, 7) is 6.25. The van der Waals surface area contributed by atoms with Crippen molar-refractivity contribution in [2.24, 2.45) is 4.99 Å². The van der Waals surface area contributed by atoms with Crippen LogP contribution in [0.15, 0.2) is 23.2 Å². The lowest BCUT2D eigenvalue weighted by molar-refractivity contribution is -0.133. The zero-order chi connectivity index (χ0) is 21.3. The number of hydrogen-bond acceptors (Lipinski definition) is 4. The molecule has 1 aromatic rings. The van der Waals surface area contributed by atoms with E-state index in [1.807, 2.05) is 4.90 Å². The van der Waals surface area contributed by atoms with Gasteiger partial charge in [0.1, 0.15) is 12.4 Å². The number of carbonyl (C=O) groups is 1. The maximum absolute atomic E-state index is 13.2. The number of piperidine rings is 1. The molecule has 0 saturated carbocycles. The third-order valence-corrected chi connectivity index (χ3v) is 5.50. The topological polar surface area (TPSA) is 60.4 Å². The minimum atomic E-state index is -0.923. The zero-order valence-corrected chi connectivity index (χ0v) is 20.3. The summed E-state index contributed by atoms with van der Waals surface area (Å²) in [4.78, 5) is 23.1. The number of piperazine rings is 1. The van der Waals surface area contributed by atoms with Gasteiger partial charge in [-0.05, 0) is 31.4 Å². The number of nitrogens with zero attached hydrogens (tertiary/aromatic N) is 4. The summed E-state index contributed by atoms with van der Waals surface area (Å²) in [6.07, 6.45) is 3.45. The van der Waals surface area contributed by atoms with Crippen molar-refractivity contribution in [2.75, 3.05) is 66.0 Å². The first-order valence-electron chi connectivity index (χ1n) is 10.6. The van der Waals surface area contributed by atoms with Crippen LogP contribution in [0.4, 0.5) is 8.78 Å². The van der Waals surface area contributed by atoms with Crippen molar-refractivity contribution in [2.45, 2.75) is 19.3 Å². The van der Waals surface area contributed by atoms with Gasteiger partial charge in [0.05, 0.1) is 13.1 Å². The van der Waals surface area contributed by atoms with Crippen molar-refractivity contribution >= 4 is 35.8 Å². The number of amides is 1. The van der Waals surface area contributed by atoms with E-state index in [4.69, 9.17) is 4.74 Å². The molecule has 3 rings (SSSR count). The average molecular weight is 551 g/mol. The first-order valence-corrected chi connectivity index (χ1v) is 10.6. The second-order valence-electron chi connectivity index (χ2n) is 7.60. The summed E-state index contributed by atoms with van der Waals surface area (Å²) in [5.74, 6) is -0.519. The summed E-state index contributed by atoms with van der Waals surface area (Å²) in [7, 11) is 1.73. The molecular weight excluding hydrogens is 519 g/mol. The maximum Gasteiger partial charge on any atom is 0.236 e. The number of hydrogen-bond donors (Lipinski definition) is 1. The fourth-order valence-corrected chi connectivity index (χ4v) is 3.78. The molecule has 2 aliphatic heterocycles. The van der Waals surface area contributed by atoms with Crippen LogP contribution in [0.2, 0.25) is 0 Å². The minimum Gasteiger partial charge on any atom is -0.492 e. The van der Waals surface area contributed by atoms with Crippen molar-refractivity contribution in [3.8, 4) is 5.75 Å². The molecule has 2 fully saturated rings. The Hall–Kier alpha value is -1.69. The maximum atomic E-state index is 13.2. The van der Waals surface area contributed by atoms with E-state index >= 15 is 0 Å². The quantitative estimate of drug-likeness (QED) is 0.254. The molecule has 0 atom stereocenters. The number of likely N-dealkylation sites (tertiary alicyclic amines) is 1. The molecule has 10 heteroatoms. The average Bonchev–Trinajstić information content (AvgIpc) is 2.77. The largest absolute Gasteiger partial charge is 0.492 e. The number of ether oxygens (including phenoxy) is 1. The van der Waals surface area contributed by atoms with Gasteiger partial charge in [-0.3, -0.25) is 14.7 Å². The molecule has 0 bridgehead atoms. The van der Waals surface area contributed by atoms with Crippen LogP contribution in [-0.4, -0.2) is 92.6 Å². The van der Waals surface area contributed by atoms with Crippen molar-refractivity contribution in [1.29, 1.82) is 0 Å². The van der Waals surface area contributed by atoms with Crippen LogP contribution in [0.3, 0.4) is 0 Å². The Bertz CT molecular complexity index is 738. The SMILES string of the molecule is CN=C(NCCOc1ccc(F)c(F)c1)N1CCN(CC(=O)N2CCCCC2)CC1.I.